The van der Waals surface area contributed by atoms with E-state index in [4.69, 9.17) is 10.5 Å². The van der Waals surface area contributed by atoms with E-state index in [9.17, 15) is 13.2 Å². The lowest BCUT2D eigenvalue weighted by Gasteiger charge is -2.19. The minimum atomic E-state index is -3.80. The van der Waals surface area contributed by atoms with Gasteiger partial charge in [-0.1, -0.05) is 0 Å². The molecule has 2 N–H and O–H groups in total. The zero-order chi connectivity index (χ0) is 14.5. The van der Waals surface area contributed by atoms with Crippen LogP contribution in [0.5, 0.6) is 0 Å². The standard InChI is InChI=1S/C13H16N2O4S/c1-8-2-4-10(19-8)7-15-13(16)11-5-3-9(14)6-12(11)20(15,17)18/h3,5-6,8,10H,2,4,7,14H2,1H3. The summed E-state index contributed by atoms with van der Waals surface area (Å²) in [5.41, 5.74) is 6.12. The molecule has 1 amide bonds. The molecule has 0 aliphatic carbocycles. The van der Waals surface area contributed by atoms with Gasteiger partial charge in [-0.25, -0.2) is 12.7 Å². The van der Waals surface area contributed by atoms with Crippen LogP contribution in [0.2, 0.25) is 0 Å². The summed E-state index contributed by atoms with van der Waals surface area (Å²) in [6, 6.07) is 4.33. The number of hydrogen-bond donors (Lipinski definition) is 1. The number of nitrogens with two attached hydrogens (primary N) is 1. The number of fused-ring (bicyclic) bond motifs is 1. The third-order valence-corrected chi connectivity index (χ3v) is 5.51. The van der Waals surface area contributed by atoms with E-state index in [1.165, 1.54) is 18.2 Å². The van der Waals surface area contributed by atoms with Crippen molar-refractivity contribution >= 4 is 21.6 Å². The average Bonchev–Trinajstić information content (AvgIpc) is 2.86. The zero-order valence-corrected chi connectivity index (χ0v) is 11.9. The molecule has 1 saturated heterocycles. The van der Waals surface area contributed by atoms with Crippen LogP contribution in [0.4, 0.5) is 5.69 Å². The van der Waals surface area contributed by atoms with Crippen LogP contribution in [0.1, 0.15) is 30.1 Å². The highest BCUT2D eigenvalue weighted by molar-refractivity contribution is 7.90. The van der Waals surface area contributed by atoms with Gasteiger partial charge in [0.1, 0.15) is 4.90 Å². The van der Waals surface area contributed by atoms with E-state index in [0.717, 1.165) is 17.1 Å². The maximum absolute atomic E-state index is 12.4. The molecule has 20 heavy (non-hydrogen) atoms. The number of nitrogens with zero attached hydrogens (tertiary/aromatic N) is 1. The highest BCUT2D eigenvalue weighted by Gasteiger charge is 2.43. The van der Waals surface area contributed by atoms with Gasteiger partial charge < -0.3 is 10.5 Å². The van der Waals surface area contributed by atoms with Crippen molar-refractivity contribution in [3.63, 3.8) is 0 Å². The molecule has 0 radical (unpaired) electrons. The van der Waals surface area contributed by atoms with Crippen LogP contribution in [0.3, 0.4) is 0 Å². The molecule has 3 rings (SSSR count). The predicted molar refractivity (Wildman–Crippen MR) is 72.6 cm³/mol. The normalized spacial score (nSPS) is 27.9. The number of carbonyl (C=O) groups excluding carboxylic acids is 1. The second kappa shape index (κ2) is 4.46. The van der Waals surface area contributed by atoms with E-state index < -0.39 is 15.9 Å². The van der Waals surface area contributed by atoms with Crippen molar-refractivity contribution < 1.29 is 17.9 Å². The number of ether oxygens (including phenoxy) is 1. The monoisotopic (exact) mass is 296 g/mol. The molecular weight excluding hydrogens is 280 g/mol. The number of rotatable bonds is 2. The van der Waals surface area contributed by atoms with E-state index >= 15 is 0 Å². The minimum absolute atomic E-state index is 0.00598. The first-order chi connectivity index (χ1) is 9.39. The summed E-state index contributed by atoms with van der Waals surface area (Å²) in [5.74, 6) is -0.497. The van der Waals surface area contributed by atoms with Crippen molar-refractivity contribution in [2.75, 3.05) is 12.3 Å². The van der Waals surface area contributed by atoms with Gasteiger partial charge in [0.15, 0.2) is 0 Å². The fourth-order valence-corrected chi connectivity index (χ4v) is 4.31. The van der Waals surface area contributed by atoms with Crippen molar-refractivity contribution in [3.05, 3.63) is 23.8 Å². The number of anilines is 1. The molecule has 7 heteroatoms. The Labute approximate surface area is 117 Å². The molecule has 0 bridgehead atoms. The predicted octanol–water partition coefficient (Wildman–Crippen LogP) is 0.981. The molecule has 2 unspecified atom stereocenters. The van der Waals surface area contributed by atoms with E-state index in [1.807, 2.05) is 6.92 Å². The summed E-state index contributed by atoms with van der Waals surface area (Å²) in [6.07, 6.45) is 1.53. The van der Waals surface area contributed by atoms with Crippen molar-refractivity contribution in [1.29, 1.82) is 0 Å². The Hall–Kier alpha value is -1.60. The fourth-order valence-electron chi connectivity index (χ4n) is 2.68. The quantitative estimate of drug-likeness (QED) is 0.822. The maximum Gasteiger partial charge on any atom is 0.269 e. The number of hydrogen-bond acceptors (Lipinski definition) is 5. The van der Waals surface area contributed by atoms with Crippen molar-refractivity contribution in [2.24, 2.45) is 0 Å². The average molecular weight is 296 g/mol. The lowest BCUT2D eigenvalue weighted by molar-refractivity contribution is 0.0419. The molecule has 1 fully saturated rings. The molecule has 6 nitrogen and oxygen atoms in total. The second-order valence-electron chi connectivity index (χ2n) is 5.24. The van der Waals surface area contributed by atoms with Gasteiger partial charge in [-0.3, -0.25) is 4.79 Å². The van der Waals surface area contributed by atoms with E-state index in [2.05, 4.69) is 0 Å². The fraction of sp³-hybridized carbons (Fsp3) is 0.462. The lowest BCUT2D eigenvalue weighted by atomic mass is 10.2. The zero-order valence-electron chi connectivity index (χ0n) is 11.1. The molecular formula is C13H16N2O4S. The lowest BCUT2D eigenvalue weighted by Crippen LogP contribution is -2.37. The second-order valence-corrected chi connectivity index (χ2v) is 7.07. The van der Waals surface area contributed by atoms with Crippen LogP contribution in [0.25, 0.3) is 0 Å². The van der Waals surface area contributed by atoms with Gasteiger partial charge in [0.05, 0.1) is 24.3 Å². The molecule has 0 saturated carbocycles. The molecule has 0 spiro atoms. The Kier molecular flexibility index (Phi) is 2.98. The van der Waals surface area contributed by atoms with Gasteiger partial charge in [-0.2, -0.15) is 0 Å². The Balaban J connectivity index is 1.93. The van der Waals surface area contributed by atoms with Gasteiger partial charge in [-0.05, 0) is 38.0 Å². The Bertz CT molecular complexity index is 671. The maximum atomic E-state index is 12.4. The molecule has 2 heterocycles. The molecule has 1 aromatic carbocycles. The first-order valence-corrected chi connectivity index (χ1v) is 7.95. The summed E-state index contributed by atoms with van der Waals surface area (Å²) in [5, 5.41) is 0. The first kappa shape index (κ1) is 13.4. The smallest absolute Gasteiger partial charge is 0.269 e. The molecule has 108 valence electrons. The van der Waals surface area contributed by atoms with Crippen LogP contribution in [-0.2, 0) is 14.8 Å². The van der Waals surface area contributed by atoms with Crippen LogP contribution >= 0.6 is 0 Å². The highest BCUT2D eigenvalue weighted by atomic mass is 32.2. The summed E-state index contributed by atoms with van der Waals surface area (Å²) in [6.45, 7) is 2.01. The number of amides is 1. The largest absolute Gasteiger partial charge is 0.399 e. The SMILES string of the molecule is CC1CCC(CN2C(=O)c3ccc(N)cc3S2(=O)=O)O1. The molecule has 2 aliphatic heterocycles. The van der Waals surface area contributed by atoms with Crippen LogP contribution in [-0.4, -0.2) is 37.4 Å². The number of carbonyl (C=O) groups is 1. The third kappa shape index (κ3) is 1.97. The molecule has 2 aliphatic rings. The minimum Gasteiger partial charge on any atom is -0.399 e. The third-order valence-electron chi connectivity index (χ3n) is 3.72. The van der Waals surface area contributed by atoms with Crippen LogP contribution in [0, 0.1) is 0 Å². The van der Waals surface area contributed by atoms with Gasteiger partial charge in [0.2, 0.25) is 0 Å². The van der Waals surface area contributed by atoms with Crippen molar-refractivity contribution in [2.45, 2.75) is 36.9 Å². The van der Waals surface area contributed by atoms with Gasteiger partial charge in [0, 0.05) is 5.69 Å². The van der Waals surface area contributed by atoms with Crippen molar-refractivity contribution in [3.8, 4) is 0 Å². The van der Waals surface area contributed by atoms with Gasteiger partial charge in [0.25, 0.3) is 15.9 Å². The summed E-state index contributed by atoms with van der Waals surface area (Å²) < 4.78 is 31.3. The number of benzene rings is 1. The van der Waals surface area contributed by atoms with Crippen LogP contribution < -0.4 is 5.73 Å². The van der Waals surface area contributed by atoms with Crippen LogP contribution in [0.15, 0.2) is 23.1 Å². The van der Waals surface area contributed by atoms with Crippen molar-refractivity contribution in [1.82, 2.24) is 4.31 Å². The molecule has 0 aromatic heterocycles. The Morgan fingerprint density at radius 3 is 2.80 bits per heavy atom. The first-order valence-electron chi connectivity index (χ1n) is 6.51. The number of nitrogen functional groups attached to an aromatic ring is 1. The topological polar surface area (TPSA) is 89.7 Å². The number of sulfonamides is 1. The Morgan fingerprint density at radius 1 is 1.40 bits per heavy atom. The summed E-state index contributed by atoms with van der Waals surface area (Å²) in [7, 11) is -3.80. The molecule has 1 aromatic rings. The summed E-state index contributed by atoms with van der Waals surface area (Å²) in [4.78, 5) is 12.2. The van der Waals surface area contributed by atoms with E-state index in [-0.39, 0.29) is 29.2 Å². The van der Waals surface area contributed by atoms with E-state index in [0.29, 0.717) is 5.69 Å². The van der Waals surface area contributed by atoms with Gasteiger partial charge >= 0.3 is 0 Å². The van der Waals surface area contributed by atoms with Gasteiger partial charge in [-0.15, -0.1) is 0 Å². The Morgan fingerprint density at radius 2 is 2.15 bits per heavy atom. The summed E-state index contributed by atoms with van der Waals surface area (Å²) >= 11 is 0. The molecule has 2 atom stereocenters. The highest BCUT2D eigenvalue weighted by Crippen LogP contribution is 2.33. The van der Waals surface area contributed by atoms with E-state index in [1.54, 1.807) is 0 Å².